The van der Waals surface area contributed by atoms with E-state index in [4.69, 9.17) is 15.4 Å². The molecular formula is C9H13ClN2O4S2. The molecule has 0 unspecified atom stereocenters. The monoisotopic (exact) mass is 312 g/mol. The first-order chi connectivity index (χ1) is 8.05. The highest BCUT2D eigenvalue weighted by molar-refractivity contribution is 8.13. The molecular weight excluding hydrogens is 300 g/mol. The molecule has 0 radical (unpaired) electrons. The standard InChI is InChI=1S/C9H13ClN2O4S2/c1-9(2,3)16-8(13)12-7-11-6(4-17-7)5-18(10,14)15/h4H,5H2,1-3H3,(H,11,12,13). The first-order valence-electron chi connectivity index (χ1n) is 4.92. The van der Waals surface area contributed by atoms with E-state index in [9.17, 15) is 13.2 Å². The van der Waals surface area contributed by atoms with E-state index in [0.29, 0.717) is 0 Å². The molecule has 6 nitrogen and oxygen atoms in total. The lowest BCUT2D eigenvalue weighted by molar-refractivity contribution is 0.0636. The van der Waals surface area contributed by atoms with E-state index in [-0.39, 0.29) is 16.6 Å². The van der Waals surface area contributed by atoms with Gasteiger partial charge in [0.1, 0.15) is 11.4 Å². The van der Waals surface area contributed by atoms with Crippen LogP contribution in [-0.2, 0) is 19.5 Å². The summed E-state index contributed by atoms with van der Waals surface area (Å²) in [5.74, 6) is -0.374. The number of hydrogen-bond donors (Lipinski definition) is 1. The third-order valence-electron chi connectivity index (χ3n) is 1.48. The Morgan fingerprint density at radius 3 is 2.67 bits per heavy atom. The molecule has 9 heteroatoms. The number of hydrogen-bond acceptors (Lipinski definition) is 6. The quantitative estimate of drug-likeness (QED) is 0.867. The maximum absolute atomic E-state index is 11.4. The molecule has 0 atom stereocenters. The molecule has 1 N–H and O–H groups in total. The number of nitrogens with one attached hydrogen (secondary N) is 1. The van der Waals surface area contributed by atoms with Crippen LogP contribution in [0, 0.1) is 0 Å². The number of ether oxygens (including phenoxy) is 1. The smallest absolute Gasteiger partial charge is 0.413 e. The first kappa shape index (κ1) is 15.2. The van der Waals surface area contributed by atoms with Gasteiger partial charge in [0.25, 0.3) is 0 Å². The van der Waals surface area contributed by atoms with Gasteiger partial charge in [-0.15, -0.1) is 11.3 Å². The fraction of sp³-hybridized carbons (Fsp3) is 0.556. The van der Waals surface area contributed by atoms with E-state index in [2.05, 4.69) is 10.3 Å². The van der Waals surface area contributed by atoms with Crippen molar-refractivity contribution in [3.63, 3.8) is 0 Å². The van der Waals surface area contributed by atoms with Crippen molar-refractivity contribution in [2.75, 3.05) is 5.32 Å². The van der Waals surface area contributed by atoms with Gasteiger partial charge in [-0.05, 0) is 20.8 Å². The maximum Gasteiger partial charge on any atom is 0.413 e. The Kier molecular flexibility index (Phi) is 4.57. The van der Waals surface area contributed by atoms with Crippen LogP contribution in [0.15, 0.2) is 5.38 Å². The number of thiazole rings is 1. The molecule has 1 aromatic rings. The topological polar surface area (TPSA) is 85.4 Å². The largest absolute Gasteiger partial charge is 0.444 e. The summed E-state index contributed by atoms with van der Waals surface area (Å²) in [7, 11) is 1.45. The fourth-order valence-electron chi connectivity index (χ4n) is 0.998. The molecule has 0 spiro atoms. The van der Waals surface area contributed by atoms with Crippen molar-refractivity contribution in [3.05, 3.63) is 11.1 Å². The Bertz CT molecular complexity index is 533. The van der Waals surface area contributed by atoms with Crippen LogP contribution < -0.4 is 5.32 Å². The van der Waals surface area contributed by atoms with Crippen LogP contribution in [0.1, 0.15) is 26.5 Å². The van der Waals surface area contributed by atoms with Gasteiger partial charge < -0.3 is 4.74 Å². The molecule has 0 saturated carbocycles. The summed E-state index contributed by atoms with van der Waals surface area (Å²) < 4.78 is 26.7. The summed E-state index contributed by atoms with van der Waals surface area (Å²) in [6.45, 7) is 5.21. The van der Waals surface area contributed by atoms with E-state index in [1.54, 1.807) is 20.8 Å². The normalized spacial score (nSPS) is 12.2. The Labute approximate surface area is 114 Å². The molecule has 1 heterocycles. The van der Waals surface area contributed by atoms with Crippen molar-refractivity contribution in [3.8, 4) is 0 Å². The molecule has 0 fully saturated rings. The summed E-state index contributed by atoms with van der Waals surface area (Å²) in [6.07, 6.45) is -0.642. The minimum Gasteiger partial charge on any atom is -0.444 e. The molecule has 0 aliphatic heterocycles. The molecule has 0 aliphatic carbocycles. The maximum atomic E-state index is 11.4. The minimum atomic E-state index is -3.65. The van der Waals surface area contributed by atoms with Crippen LogP contribution >= 0.6 is 22.0 Å². The van der Waals surface area contributed by atoms with Gasteiger partial charge in [0.15, 0.2) is 5.13 Å². The number of nitrogens with zero attached hydrogens (tertiary/aromatic N) is 1. The second kappa shape index (κ2) is 5.41. The van der Waals surface area contributed by atoms with Gasteiger partial charge in [-0.25, -0.2) is 18.2 Å². The SMILES string of the molecule is CC(C)(C)OC(=O)Nc1nc(CS(=O)(=O)Cl)cs1. The average Bonchev–Trinajstić information content (AvgIpc) is 2.44. The zero-order chi connectivity index (χ0) is 14.0. The summed E-state index contributed by atoms with van der Waals surface area (Å²) in [4.78, 5) is 15.3. The molecule has 1 rings (SSSR count). The van der Waals surface area contributed by atoms with Crippen molar-refractivity contribution in [2.24, 2.45) is 0 Å². The number of carbonyl (C=O) groups is 1. The van der Waals surface area contributed by atoms with Gasteiger partial charge in [0, 0.05) is 16.1 Å². The van der Waals surface area contributed by atoms with E-state index in [0.717, 1.165) is 11.3 Å². The summed E-state index contributed by atoms with van der Waals surface area (Å²) in [5, 5.41) is 4.18. The average molecular weight is 313 g/mol. The van der Waals surface area contributed by atoms with E-state index >= 15 is 0 Å². The van der Waals surface area contributed by atoms with Crippen molar-refractivity contribution in [1.82, 2.24) is 4.98 Å². The molecule has 0 aliphatic rings. The Morgan fingerprint density at radius 2 is 2.17 bits per heavy atom. The second-order valence-electron chi connectivity index (χ2n) is 4.45. The summed E-state index contributed by atoms with van der Waals surface area (Å²) >= 11 is 1.10. The third-order valence-corrected chi connectivity index (χ3v) is 3.25. The predicted octanol–water partition coefficient (Wildman–Crippen LogP) is 2.56. The van der Waals surface area contributed by atoms with Crippen LogP contribution in [0.3, 0.4) is 0 Å². The van der Waals surface area contributed by atoms with Gasteiger partial charge >= 0.3 is 6.09 Å². The summed E-state index contributed by atoms with van der Waals surface area (Å²) in [5.41, 5.74) is -0.329. The number of carbonyl (C=O) groups excluding carboxylic acids is 1. The molecule has 0 bridgehead atoms. The Hall–Kier alpha value is -0.860. The van der Waals surface area contributed by atoms with Crippen molar-refractivity contribution < 1.29 is 17.9 Å². The molecule has 102 valence electrons. The molecule has 18 heavy (non-hydrogen) atoms. The van der Waals surface area contributed by atoms with Crippen LogP contribution in [0.25, 0.3) is 0 Å². The van der Waals surface area contributed by atoms with Gasteiger partial charge in [0.2, 0.25) is 9.05 Å². The number of halogens is 1. The lowest BCUT2D eigenvalue weighted by Crippen LogP contribution is -2.27. The van der Waals surface area contributed by atoms with Gasteiger partial charge in [-0.2, -0.15) is 0 Å². The molecule has 0 saturated heterocycles. The first-order valence-corrected chi connectivity index (χ1v) is 8.28. The zero-order valence-corrected chi connectivity index (χ0v) is 12.4. The zero-order valence-electron chi connectivity index (χ0n) is 10.1. The van der Waals surface area contributed by atoms with E-state index in [1.165, 1.54) is 5.38 Å². The summed E-state index contributed by atoms with van der Waals surface area (Å²) in [6, 6.07) is 0. The Balaban J connectivity index is 2.62. The van der Waals surface area contributed by atoms with Crippen LogP contribution in [-0.4, -0.2) is 25.1 Å². The molecule has 1 aromatic heterocycles. The van der Waals surface area contributed by atoms with E-state index < -0.39 is 20.7 Å². The van der Waals surface area contributed by atoms with Crippen LogP contribution in [0.4, 0.5) is 9.93 Å². The number of aromatic nitrogens is 1. The highest BCUT2D eigenvalue weighted by Gasteiger charge is 2.18. The fourth-order valence-corrected chi connectivity index (χ4v) is 2.64. The lowest BCUT2D eigenvalue weighted by Gasteiger charge is -2.18. The molecule has 1 amide bonds. The van der Waals surface area contributed by atoms with Crippen molar-refractivity contribution in [2.45, 2.75) is 32.1 Å². The predicted molar refractivity (Wildman–Crippen MR) is 70.4 cm³/mol. The second-order valence-corrected chi connectivity index (χ2v) is 8.09. The van der Waals surface area contributed by atoms with Crippen molar-refractivity contribution >= 4 is 42.3 Å². The van der Waals surface area contributed by atoms with Gasteiger partial charge in [-0.3, -0.25) is 5.32 Å². The van der Waals surface area contributed by atoms with Crippen molar-refractivity contribution in [1.29, 1.82) is 0 Å². The highest BCUT2D eigenvalue weighted by Crippen LogP contribution is 2.19. The lowest BCUT2D eigenvalue weighted by atomic mass is 10.2. The third kappa shape index (κ3) is 6.18. The van der Waals surface area contributed by atoms with Crippen LogP contribution in [0.5, 0.6) is 0 Å². The van der Waals surface area contributed by atoms with Gasteiger partial charge in [0.05, 0.1) is 5.69 Å². The van der Waals surface area contributed by atoms with Crippen LogP contribution in [0.2, 0.25) is 0 Å². The Morgan fingerprint density at radius 1 is 1.56 bits per heavy atom. The minimum absolute atomic E-state index is 0.263. The number of amides is 1. The van der Waals surface area contributed by atoms with Gasteiger partial charge in [-0.1, -0.05) is 0 Å². The highest BCUT2D eigenvalue weighted by atomic mass is 35.7. The molecule has 0 aromatic carbocycles. The number of anilines is 1. The van der Waals surface area contributed by atoms with E-state index in [1.807, 2.05) is 0 Å². The number of rotatable bonds is 3.